The van der Waals surface area contributed by atoms with Crippen molar-refractivity contribution in [1.82, 2.24) is 19.8 Å². The van der Waals surface area contributed by atoms with Crippen molar-refractivity contribution in [2.45, 2.75) is 71.1 Å². The van der Waals surface area contributed by atoms with Crippen molar-refractivity contribution in [2.75, 3.05) is 6.54 Å². The first-order valence-electron chi connectivity index (χ1n) is 8.10. The van der Waals surface area contributed by atoms with E-state index in [9.17, 15) is 4.79 Å². The summed E-state index contributed by atoms with van der Waals surface area (Å²) in [5.74, 6) is 0.148. The molecule has 1 aliphatic carbocycles. The number of nitrogens with one attached hydrogen (secondary N) is 1. The Balaban J connectivity index is 1.98. The van der Waals surface area contributed by atoms with Gasteiger partial charge in [-0.25, -0.2) is 4.98 Å². The Hall–Kier alpha value is -1.36. The Morgan fingerprint density at radius 2 is 2.00 bits per heavy atom. The minimum Gasteiger partial charge on any atom is -0.352 e. The smallest absolute Gasteiger partial charge is 0.243 e. The quantitative estimate of drug-likeness (QED) is 0.923. The molecule has 0 radical (unpaired) electrons. The maximum atomic E-state index is 12.8. The minimum absolute atomic E-state index is 0.148. The lowest BCUT2D eigenvalue weighted by molar-refractivity contribution is -0.128. The highest BCUT2D eigenvalue weighted by Crippen LogP contribution is 2.33. The van der Waals surface area contributed by atoms with Crippen LogP contribution in [0.25, 0.3) is 0 Å². The summed E-state index contributed by atoms with van der Waals surface area (Å²) in [6.07, 6.45) is 5.07. The van der Waals surface area contributed by atoms with Crippen molar-refractivity contribution in [1.29, 1.82) is 0 Å². The number of carbonyl (C=O) groups is 1. The third-order valence-corrected chi connectivity index (χ3v) is 4.50. The molecule has 1 aromatic heterocycles. The zero-order chi connectivity index (χ0) is 15.1. The van der Waals surface area contributed by atoms with Crippen LogP contribution in [0, 0.1) is 0 Å². The zero-order valence-corrected chi connectivity index (χ0v) is 13.5. The van der Waals surface area contributed by atoms with E-state index in [1.165, 1.54) is 0 Å². The molecule has 2 aliphatic rings. The van der Waals surface area contributed by atoms with Gasteiger partial charge >= 0.3 is 0 Å². The summed E-state index contributed by atoms with van der Waals surface area (Å²) in [6, 6.07) is 0.875. The van der Waals surface area contributed by atoms with Crippen LogP contribution in [0.15, 0.2) is 6.33 Å². The highest BCUT2D eigenvalue weighted by atomic mass is 16.2. The van der Waals surface area contributed by atoms with E-state index in [0.717, 1.165) is 37.2 Å². The summed E-state index contributed by atoms with van der Waals surface area (Å²) in [6.45, 7) is 9.53. The van der Waals surface area contributed by atoms with Crippen molar-refractivity contribution < 1.29 is 4.79 Å². The lowest BCUT2D eigenvalue weighted by Gasteiger charge is -2.38. The molecule has 3 rings (SSSR count). The maximum absolute atomic E-state index is 12.8. The van der Waals surface area contributed by atoms with Crippen molar-refractivity contribution in [3.05, 3.63) is 17.7 Å². The summed E-state index contributed by atoms with van der Waals surface area (Å²) in [4.78, 5) is 19.7. The number of hydrogen-bond acceptors (Lipinski definition) is 3. The molecule has 1 atom stereocenters. The molecular formula is C16H26N4O. The molecule has 2 heterocycles. The number of imidazole rings is 1. The van der Waals surface area contributed by atoms with Crippen LogP contribution in [0.2, 0.25) is 0 Å². The average molecular weight is 290 g/mol. The van der Waals surface area contributed by atoms with Gasteiger partial charge in [-0.3, -0.25) is 9.69 Å². The van der Waals surface area contributed by atoms with Gasteiger partial charge in [0.25, 0.3) is 0 Å². The Kier molecular flexibility index (Phi) is 3.78. The highest BCUT2D eigenvalue weighted by molar-refractivity contribution is 5.84. The number of fused-ring (bicyclic) bond motifs is 1. The molecule has 0 bridgehead atoms. The van der Waals surface area contributed by atoms with Crippen molar-refractivity contribution >= 4 is 5.91 Å². The normalized spacial score (nSPS) is 22.7. The molecule has 1 fully saturated rings. The predicted octanol–water partition coefficient (Wildman–Crippen LogP) is 2.05. The lowest BCUT2D eigenvalue weighted by Crippen LogP contribution is -2.48. The SMILES string of the molecule is CC(C)N1CCc2ncn(C(C)C)c2C1C(=O)NC1CC1. The fraction of sp³-hybridized carbons (Fsp3) is 0.750. The summed E-state index contributed by atoms with van der Waals surface area (Å²) in [5, 5.41) is 3.18. The molecular weight excluding hydrogens is 264 g/mol. The van der Waals surface area contributed by atoms with Crippen LogP contribution in [-0.4, -0.2) is 39.0 Å². The van der Waals surface area contributed by atoms with E-state index >= 15 is 0 Å². The molecule has 21 heavy (non-hydrogen) atoms. The van der Waals surface area contributed by atoms with Crippen LogP contribution in [0.4, 0.5) is 0 Å². The monoisotopic (exact) mass is 290 g/mol. The van der Waals surface area contributed by atoms with Crippen molar-refractivity contribution in [2.24, 2.45) is 0 Å². The molecule has 116 valence electrons. The summed E-state index contributed by atoms with van der Waals surface area (Å²) >= 11 is 0. The third kappa shape index (κ3) is 2.71. The predicted molar refractivity (Wildman–Crippen MR) is 82.1 cm³/mol. The number of carbonyl (C=O) groups excluding carboxylic acids is 1. The van der Waals surface area contributed by atoms with Gasteiger partial charge < -0.3 is 9.88 Å². The van der Waals surface area contributed by atoms with Gasteiger partial charge in [-0.15, -0.1) is 0 Å². The number of nitrogens with zero attached hydrogens (tertiary/aromatic N) is 3. The van der Waals surface area contributed by atoms with E-state index in [1.807, 2.05) is 6.33 Å². The highest BCUT2D eigenvalue weighted by Gasteiger charge is 2.39. The van der Waals surface area contributed by atoms with Gasteiger partial charge in [-0.05, 0) is 40.5 Å². The first-order chi connectivity index (χ1) is 9.99. The Bertz CT molecular complexity index is 530. The topological polar surface area (TPSA) is 50.2 Å². The molecule has 1 unspecified atom stereocenters. The van der Waals surface area contributed by atoms with Crippen molar-refractivity contribution in [3.8, 4) is 0 Å². The van der Waals surface area contributed by atoms with E-state index in [-0.39, 0.29) is 11.9 Å². The van der Waals surface area contributed by atoms with Crippen LogP contribution >= 0.6 is 0 Å². The Morgan fingerprint density at radius 3 is 2.57 bits per heavy atom. The maximum Gasteiger partial charge on any atom is 0.243 e. The Morgan fingerprint density at radius 1 is 1.29 bits per heavy atom. The molecule has 0 spiro atoms. The first kappa shape index (κ1) is 14.6. The van der Waals surface area contributed by atoms with E-state index in [0.29, 0.717) is 18.1 Å². The zero-order valence-electron chi connectivity index (χ0n) is 13.5. The molecule has 1 aromatic rings. The number of aromatic nitrogens is 2. The molecule has 0 aromatic carbocycles. The van der Waals surface area contributed by atoms with Crippen LogP contribution in [0.1, 0.15) is 64.0 Å². The van der Waals surface area contributed by atoms with Gasteiger partial charge in [0.15, 0.2) is 0 Å². The molecule has 0 saturated heterocycles. The second-order valence-corrected chi connectivity index (χ2v) is 6.84. The average Bonchev–Trinajstić information content (AvgIpc) is 3.12. The second-order valence-electron chi connectivity index (χ2n) is 6.84. The minimum atomic E-state index is -0.195. The fourth-order valence-electron chi connectivity index (χ4n) is 3.17. The summed E-state index contributed by atoms with van der Waals surface area (Å²) in [7, 11) is 0. The van der Waals surface area contributed by atoms with E-state index in [2.05, 4.69) is 47.5 Å². The molecule has 1 N–H and O–H groups in total. The van der Waals surface area contributed by atoms with Gasteiger partial charge in [-0.1, -0.05) is 0 Å². The van der Waals surface area contributed by atoms with Crippen LogP contribution < -0.4 is 5.32 Å². The second kappa shape index (κ2) is 5.44. The fourth-order valence-corrected chi connectivity index (χ4v) is 3.17. The molecule has 5 nitrogen and oxygen atoms in total. The van der Waals surface area contributed by atoms with Crippen LogP contribution in [0.3, 0.4) is 0 Å². The molecule has 1 saturated carbocycles. The van der Waals surface area contributed by atoms with Gasteiger partial charge in [-0.2, -0.15) is 0 Å². The van der Waals surface area contributed by atoms with Gasteiger partial charge in [0.2, 0.25) is 5.91 Å². The molecule has 1 amide bonds. The Labute approximate surface area is 126 Å². The van der Waals surface area contributed by atoms with Gasteiger partial charge in [0.1, 0.15) is 6.04 Å². The lowest BCUT2D eigenvalue weighted by atomic mass is 9.99. The third-order valence-electron chi connectivity index (χ3n) is 4.50. The van der Waals surface area contributed by atoms with E-state index in [4.69, 9.17) is 0 Å². The molecule has 1 aliphatic heterocycles. The summed E-state index contributed by atoms with van der Waals surface area (Å²) < 4.78 is 2.17. The summed E-state index contributed by atoms with van der Waals surface area (Å²) in [5.41, 5.74) is 2.19. The van der Waals surface area contributed by atoms with Gasteiger partial charge in [0, 0.05) is 31.1 Å². The number of hydrogen-bond donors (Lipinski definition) is 1. The van der Waals surface area contributed by atoms with E-state index in [1.54, 1.807) is 0 Å². The number of rotatable bonds is 4. The first-order valence-corrected chi connectivity index (χ1v) is 8.10. The number of amides is 1. The van der Waals surface area contributed by atoms with Crippen LogP contribution in [0.5, 0.6) is 0 Å². The largest absolute Gasteiger partial charge is 0.352 e. The molecule has 5 heteroatoms. The van der Waals surface area contributed by atoms with Gasteiger partial charge in [0.05, 0.1) is 17.7 Å². The standard InChI is InChI=1S/C16H26N4O/c1-10(2)19-8-7-13-14(20(9-17-13)11(3)4)15(19)16(21)18-12-5-6-12/h9-12,15H,5-8H2,1-4H3,(H,18,21). The van der Waals surface area contributed by atoms with E-state index < -0.39 is 0 Å². The van der Waals surface area contributed by atoms with Crippen LogP contribution in [-0.2, 0) is 11.2 Å². The van der Waals surface area contributed by atoms with Crippen molar-refractivity contribution in [3.63, 3.8) is 0 Å².